The highest BCUT2D eigenvalue weighted by Crippen LogP contribution is 2.19. The fourth-order valence-corrected chi connectivity index (χ4v) is 1.64. The summed E-state index contributed by atoms with van der Waals surface area (Å²) in [4.78, 5) is 14.6. The quantitative estimate of drug-likeness (QED) is 0.621. The lowest BCUT2D eigenvalue weighted by Gasteiger charge is -2.13. The van der Waals surface area contributed by atoms with E-state index in [0.717, 1.165) is 12.8 Å². The molecular weight excluding hydrogens is 150 g/mol. The van der Waals surface area contributed by atoms with Crippen LogP contribution in [0.25, 0.3) is 0 Å². The van der Waals surface area contributed by atoms with Gasteiger partial charge in [-0.2, -0.15) is 0 Å². The number of aryl methyl sites for hydroxylation is 2. The van der Waals surface area contributed by atoms with Crippen LogP contribution in [0.4, 0.5) is 0 Å². The number of carbonyl (C=O) groups excluding carboxylic acids is 1. The molecule has 1 aliphatic carbocycles. The zero-order valence-electron chi connectivity index (χ0n) is 6.84. The van der Waals surface area contributed by atoms with Gasteiger partial charge >= 0.3 is 0 Å². The second-order valence-electron chi connectivity index (χ2n) is 3.14. The molecule has 0 saturated carbocycles. The first kappa shape index (κ1) is 7.47. The van der Waals surface area contributed by atoms with Crippen molar-refractivity contribution < 1.29 is 4.79 Å². The highest BCUT2D eigenvalue weighted by Gasteiger charge is 2.10. The van der Waals surface area contributed by atoms with Gasteiger partial charge in [-0.15, -0.1) is 0 Å². The average Bonchev–Trinajstić information content (AvgIpc) is 2.17. The molecule has 0 aromatic carbocycles. The molecule has 0 atom stereocenters. The van der Waals surface area contributed by atoms with Crippen LogP contribution in [0.1, 0.15) is 29.7 Å². The van der Waals surface area contributed by atoms with Crippen molar-refractivity contribution in [2.24, 2.45) is 0 Å². The Morgan fingerprint density at radius 1 is 1.33 bits per heavy atom. The van der Waals surface area contributed by atoms with E-state index in [4.69, 9.17) is 0 Å². The summed E-state index contributed by atoms with van der Waals surface area (Å²) in [6.07, 6.45) is 8.05. The van der Waals surface area contributed by atoms with Crippen LogP contribution in [-0.4, -0.2) is 11.3 Å². The van der Waals surface area contributed by atoms with Crippen LogP contribution in [0.2, 0.25) is 0 Å². The van der Waals surface area contributed by atoms with E-state index in [1.165, 1.54) is 24.1 Å². The summed E-state index contributed by atoms with van der Waals surface area (Å²) in [5, 5.41) is 0. The molecule has 0 amide bonds. The Bertz CT molecular complexity index is 307. The average molecular weight is 160 g/mol. The third-order valence-electron chi connectivity index (χ3n) is 2.29. The van der Waals surface area contributed by atoms with Crippen molar-refractivity contribution in [2.45, 2.75) is 25.7 Å². The smallest absolute Gasteiger partial charge is 0.235 e. The highest BCUT2D eigenvalue weighted by atomic mass is 16.1. The van der Waals surface area contributed by atoms with Crippen LogP contribution in [0, 0.1) is 0 Å². The van der Waals surface area contributed by atoms with Crippen LogP contribution in [-0.2, 0) is 17.6 Å². The van der Waals surface area contributed by atoms with Crippen molar-refractivity contribution in [1.82, 2.24) is 4.98 Å². The summed E-state index contributed by atoms with van der Waals surface area (Å²) in [7, 11) is 0. The Balaban J connectivity index is 2.42. The zero-order chi connectivity index (χ0) is 8.39. The molecule has 1 radical (unpaired) electrons. The summed E-state index contributed by atoms with van der Waals surface area (Å²) in [6, 6.07) is 1.91. The Morgan fingerprint density at radius 3 is 3.00 bits per heavy atom. The second-order valence-corrected chi connectivity index (χ2v) is 3.14. The fourth-order valence-electron chi connectivity index (χ4n) is 1.64. The summed E-state index contributed by atoms with van der Waals surface area (Å²) >= 11 is 0. The third kappa shape index (κ3) is 1.24. The third-order valence-corrected chi connectivity index (χ3v) is 2.29. The van der Waals surface area contributed by atoms with E-state index in [1.54, 1.807) is 6.20 Å². The summed E-state index contributed by atoms with van der Waals surface area (Å²) in [5.74, 6) is 0. The van der Waals surface area contributed by atoms with Crippen LogP contribution >= 0.6 is 0 Å². The van der Waals surface area contributed by atoms with Crippen LogP contribution in [0.3, 0.4) is 0 Å². The Kier molecular flexibility index (Phi) is 1.90. The number of rotatable bonds is 1. The summed E-state index contributed by atoms with van der Waals surface area (Å²) in [6.45, 7) is 0. The van der Waals surface area contributed by atoms with E-state index < -0.39 is 0 Å². The van der Waals surface area contributed by atoms with Crippen molar-refractivity contribution in [2.75, 3.05) is 0 Å². The standard InChI is InChI=1S/C10H10NO/c12-7-8-5-9-3-1-2-4-10(9)11-6-8/h5-6H,1-4H2. The second kappa shape index (κ2) is 3.05. The van der Waals surface area contributed by atoms with E-state index in [2.05, 4.69) is 4.98 Å². The molecule has 0 saturated heterocycles. The Morgan fingerprint density at radius 2 is 2.17 bits per heavy atom. The van der Waals surface area contributed by atoms with Gasteiger partial charge < -0.3 is 0 Å². The minimum absolute atomic E-state index is 0.579. The topological polar surface area (TPSA) is 30.0 Å². The van der Waals surface area contributed by atoms with Gasteiger partial charge in [0.15, 0.2) is 0 Å². The molecule has 61 valence electrons. The Hall–Kier alpha value is -1.18. The van der Waals surface area contributed by atoms with Gasteiger partial charge in [0.25, 0.3) is 0 Å². The number of hydrogen-bond acceptors (Lipinski definition) is 2. The fraction of sp³-hybridized carbons (Fsp3) is 0.400. The number of fused-ring (bicyclic) bond motifs is 1. The molecule has 0 unspecified atom stereocenters. The molecule has 0 spiro atoms. The van der Waals surface area contributed by atoms with Gasteiger partial charge in [-0.05, 0) is 37.3 Å². The molecule has 1 aromatic heterocycles. The first-order chi connectivity index (χ1) is 5.90. The van der Waals surface area contributed by atoms with Gasteiger partial charge in [0.1, 0.15) is 0 Å². The van der Waals surface area contributed by atoms with Gasteiger partial charge in [-0.25, -0.2) is 0 Å². The Labute approximate surface area is 71.6 Å². The number of aromatic nitrogens is 1. The van der Waals surface area contributed by atoms with Crippen LogP contribution in [0.15, 0.2) is 12.3 Å². The van der Waals surface area contributed by atoms with E-state index in [0.29, 0.717) is 5.56 Å². The van der Waals surface area contributed by atoms with Crippen molar-refractivity contribution >= 4 is 6.29 Å². The van der Waals surface area contributed by atoms with Crippen molar-refractivity contribution in [1.29, 1.82) is 0 Å². The first-order valence-corrected chi connectivity index (χ1v) is 4.26. The van der Waals surface area contributed by atoms with Crippen LogP contribution in [0.5, 0.6) is 0 Å². The lowest BCUT2D eigenvalue weighted by Crippen LogP contribution is -2.05. The van der Waals surface area contributed by atoms with Gasteiger partial charge in [0.05, 0.1) is 0 Å². The van der Waals surface area contributed by atoms with E-state index in [-0.39, 0.29) is 0 Å². The number of hydrogen-bond donors (Lipinski definition) is 0. The summed E-state index contributed by atoms with van der Waals surface area (Å²) < 4.78 is 0. The lowest BCUT2D eigenvalue weighted by molar-refractivity contribution is 0.562. The van der Waals surface area contributed by atoms with Gasteiger partial charge in [0.2, 0.25) is 6.29 Å². The minimum atomic E-state index is 0.579. The molecule has 2 heteroatoms. The van der Waals surface area contributed by atoms with E-state index in [1.807, 2.05) is 12.4 Å². The molecule has 0 aliphatic heterocycles. The molecule has 1 aromatic rings. The highest BCUT2D eigenvalue weighted by molar-refractivity contribution is 5.75. The SMILES string of the molecule is O=[C]c1cnc2c(c1)CCCC2. The molecule has 0 bridgehead atoms. The first-order valence-electron chi connectivity index (χ1n) is 4.26. The predicted molar refractivity (Wildman–Crippen MR) is 45.7 cm³/mol. The summed E-state index contributed by atoms with van der Waals surface area (Å²) in [5.41, 5.74) is 2.98. The molecule has 12 heavy (non-hydrogen) atoms. The molecule has 2 nitrogen and oxygen atoms in total. The molecule has 0 N–H and O–H groups in total. The molecule has 1 heterocycles. The lowest BCUT2D eigenvalue weighted by atomic mass is 9.95. The largest absolute Gasteiger partial charge is 0.285 e. The maximum absolute atomic E-state index is 10.3. The number of pyridine rings is 1. The van der Waals surface area contributed by atoms with Gasteiger partial charge in [-0.3, -0.25) is 9.78 Å². The normalized spacial score (nSPS) is 15.3. The molecule has 2 rings (SSSR count). The van der Waals surface area contributed by atoms with E-state index in [9.17, 15) is 4.79 Å². The van der Waals surface area contributed by atoms with Crippen molar-refractivity contribution in [3.8, 4) is 0 Å². The maximum atomic E-state index is 10.3. The number of nitrogens with zero attached hydrogens (tertiary/aromatic N) is 1. The van der Waals surface area contributed by atoms with E-state index >= 15 is 0 Å². The van der Waals surface area contributed by atoms with Gasteiger partial charge in [0, 0.05) is 17.5 Å². The molecule has 1 aliphatic rings. The zero-order valence-corrected chi connectivity index (χ0v) is 6.84. The monoisotopic (exact) mass is 160 g/mol. The minimum Gasteiger partial charge on any atom is -0.285 e. The maximum Gasteiger partial charge on any atom is 0.235 e. The molecule has 0 fully saturated rings. The van der Waals surface area contributed by atoms with Crippen LogP contribution < -0.4 is 0 Å². The van der Waals surface area contributed by atoms with Gasteiger partial charge in [-0.1, -0.05) is 0 Å². The van der Waals surface area contributed by atoms with Crippen molar-refractivity contribution in [3.63, 3.8) is 0 Å². The van der Waals surface area contributed by atoms with Crippen molar-refractivity contribution in [3.05, 3.63) is 29.1 Å². The molecular formula is C10H10NO. The predicted octanol–water partition coefficient (Wildman–Crippen LogP) is 1.42.